The zero-order valence-corrected chi connectivity index (χ0v) is 9.66. The van der Waals surface area contributed by atoms with Crippen molar-refractivity contribution in [1.82, 2.24) is 0 Å². The van der Waals surface area contributed by atoms with E-state index >= 15 is 0 Å². The smallest absolute Gasteiger partial charge is 0.105 e. The van der Waals surface area contributed by atoms with E-state index in [1.807, 2.05) is 11.8 Å². The molecule has 0 aliphatic heterocycles. The number of hydrogen-bond donors (Lipinski definition) is 0. The van der Waals surface area contributed by atoms with Gasteiger partial charge >= 0.3 is 0 Å². The van der Waals surface area contributed by atoms with Crippen molar-refractivity contribution < 1.29 is 0 Å². The van der Waals surface area contributed by atoms with Gasteiger partial charge in [-0.15, -0.1) is 11.8 Å². The molecule has 0 saturated heterocycles. The number of rotatable bonds is 3. The van der Waals surface area contributed by atoms with Crippen LogP contribution in [0.5, 0.6) is 0 Å². The fourth-order valence-electron chi connectivity index (χ4n) is 1.96. The molecule has 0 radical (unpaired) electrons. The summed E-state index contributed by atoms with van der Waals surface area (Å²) in [6.45, 7) is 6.66. The largest absolute Gasteiger partial charge is 0.197 e. The molecule has 1 aliphatic carbocycles. The van der Waals surface area contributed by atoms with Crippen LogP contribution in [0.1, 0.15) is 46.5 Å². The highest BCUT2D eigenvalue weighted by atomic mass is 32.2. The molecular weight excluding hydrogens is 178 g/mol. The normalized spacial score (nSPS) is 35.7. The highest BCUT2D eigenvalue weighted by Gasteiger charge is 2.41. The van der Waals surface area contributed by atoms with Crippen LogP contribution in [-0.2, 0) is 0 Å². The second-order valence-electron chi connectivity index (χ2n) is 4.13. The Morgan fingerprint density at radius 1 is 1.69 bits per heavy atom. The van der Waals surface area contributed by atoms with E-state index in [9.17, 15) is 5.26 Å². The molecule has 0 bridgehead atoms. The van der Waals surface area contributed by atoms with Crippen molar-refractivity contribution in [3.63, 3.8) is 0 Å². The van der Waals surface area contributed by atoms with Crippen LogP contribution in [0.2, 0.25) is 0 Å². The topological polar surface area (TPSA) is 23.8 Å². The van der Waals surface area contributed by atoms with E-state index in [1.54, 1.807) is 0 Å². The molecule has 0 aromatic carbocycles. The van der Waals surface area contributed by atoms with Crippen LogP contribution in [0.4, 0.5) is 0 Å². The zero-order valence-electron chi connectivity index (χ0n) is 8.84. The molecule has 0 heterocycles. The Morgan fingerprint density at radius 2 is 2.38 bits per heavy atom. The fraction of sp³-hybridized carbons (Fsp3) is 0.909. The fourth-order valence-corrected chi connectivity index (χ4v) is 3.51. The van der Waals surface area contributed by atoms with Crippen molar-refractivity contribution >= 4 is 11.8 Å². The first kappa shape index (κ1) is 10.9. The van der Waals surface area contributed by atoms with Crippen LogP contribution >= 0.6 is 11.8 Å². The lowest BCUT2D eigenvalue weighted by atomic mass is 9.99. The average Bonchev–Trinajstić information content (AvgIpc) is 2.48. The molecule has 3 atom stereocenters. The van der Waals surface area contributed by atoms with Crippen LogP contribution in [0.25, 0.3) is 0 Å². The molecule has 0 aromatic heterocycles. The van der Waals surface area contributed by atoms with Gasteiger partial charge in [-0.3, -0.25) is 0 Å². The van der Waals surface area contributed by atoms with Gasteiger partial charge in [0.15, 0.2) is 0 Å². The summed E-state index contributed by atoms with van der Waals surface area (Å²) < 4.78 is -0.0601. The summed E-state index contributed by atoms with van der Waals surface area (Å²) in [5.41, 5.74) is 0. The van der Waals surface area contributed by atoms with Gasteiger partial charge in [0.05, 0.1) is 6.07 Å². The van der Waals surface area contributed by atoms with Gasteiger partial charge in [-0.25, -0.2) is 0 Å². The molecule has 0 aromatic rings. The van der Waals surface area contributed by atoms with Crippen LogP contribution in [0, 0.1) is 17.2 Å². The Labute approximate surface area is 85.9 Å². The van der Waals surface area contributed by atoms with Crippen molar-refractivity contribution in [3.05, 3.63) is 0 Å². The monoisotopic (exact) mass is 197 g/mol. The zero-order chi connectivity index (χ0) is 9.90. The summed E-state index contributed by atoms with van der Waals surface area (Å²) in [5, 5.41) is 9.89. The molecule has 1 nitrogen and oxygen atoms in total. The first-order valence-electron chi connectivity index (χ1n) is 5.23. The van der Waals surface area contributed by atoms with Crippen LogP contribution in [-0.4, -0.2) is 10.00 Å². The SMILES string of the molecule is CCC(C)SC1(C#N)CCCC1C. The van der Waals surface area contributed by atoms with E-state index in [0.29, 0.717) is 11.2 Å². The van der Waals surface area contributed by atoms with E-state index in [2.05, 4.69) is 26.8 Å². The summed E-state index contributed by atoms with van der Waals surface area (Å²) in [7, 11) is 0. The molecule has 1 rings (SSSR count). The van der Waals surface area contributed by atoms with Gasteiger partial charge in [-0.05, 0) is 25.2 Å². The summed E-state index contributed by atoms with van der Waals surface area (Å²) >= 11 is 1.90. The quantitative estimate of drug-likeness (QED) is 0.690. The highest BCUT2D eigenvalue weighted by Crippen LogP contribution is 2.47. The molecule has 0 spiro atoms. The van der Waals surface area contributed by atoms with E-state index in [-0.39, 0.29) is 4.75 Å². The third-order valence-corrected chi connectivity index (χ3v) is 5.01. The van der Waals surface area contributed by atoms with Crippen molar-refractivity contribution in [2.75, 3.05) is 0 Å². The molecule has 2 heteroatoms. The van der Waals surface area contributed by atoms with Gasteiger partial charge in [-0.2, -0.15) is 5.26 Å². The summed E-state index contributed by atoms with van der Waals surface area (Å²) in [5.74, 6) is 0.580. The second kappa shape index (κ2) is 4.37. The Kier molecular flexibility index (Phi) is 3.67. The third-order valence-electron chi connectivity index (χ3n) is 3.16. The lowest BCUT2D eigenvalue weighted by Crippen LogP contribution is -2.27. The van der Waals surface area contributed by atoms with E-state index in [0.717, 1.165) is 6.42 Å². The molecule has 13 heavy (non-hydrogen) atoms. The lowest BCUT2D eigenvalue weighted by molar-refractivity contribution is 0.551. The first-order valence-corrected chi connectivity index (χ1v) is 6.11. The Balaban J connectivity index is 2.65. The summed E-state index contributed by atoms with van der Waals surface area (Å²) in [6, 6.07) is 2.56. The van der Waals surface area contributed by atoms with Gasteiger partial charge in [0.1, 0.15) is 4.75 Å². The van der Waals surface area contributed by atoms with Crippen molar-refractivity contribution in [1.29, 1.82) is 5.26 Å². The molecule has 0 N–H and O–H groups in total. The minimum absolute atomic E-state index is 0.0601. The predicted molar refractivity (Wildman–Crippen MR) is 58.7 cm³/mol. The van der Waals surface area contributed by atoms with E-state index < -0.39 is 0 Å². The number of hydrogen-bond acceptors (Lipinski definition) is 2. The van der Waals surface area contributed by atoms with Crippen molar-refractivity contribution in [2.24, 2.45) is 5.92 Å². The van der Waals surface area contributed by atoms with E-state index in [1.165, 1.54) is 19.3 Å². The van der Waals surface area contributed by atoms with Gasteiger partial charge < -0.3 is 0 Å². The van der Waals surface area contributed by atoms with Gasteiger partial charge in [0, 0.05) is 5.25 Å². The summed E-state index contributed by atoms with van der Waals surface area (Å²) in [4.78, 5) is 0. The molecule has 3 unspecified atom stereocenters. The molecule has 74 valence electrons. The van der Waals surface area contributed by atoms with Gasteiger partial charge in [0.25, 0.3) is 0 Å². The molecule has 1 saturated carbocycles. The molecule has 0 amide bonds. The van der Waals surface area contributed by atoms with Crippen LogP contribution in [0.3, 0.4) is 0 Å². The lowest BCUT2D eigenvalue weighted by Gasteiger charge is -2.28. The third kappa shape index (κ3) is 2.20. The molecular formula is C11H19NS. The molecule has 1 fully saturated rings. The maximum atomic E-state index is 9.26. The van der Waals surface area contributed by atoms with Crippen LogP contribution < -0.4 is 0 Å². The van der Waals surface area contributed by atoms with Crippen molar-refractivity contribution in [2.45, 2.75) is 56.5 Å². The summed E-state index contributed by atoms with van der Waals surface area (Å²) in [6.07, 6.45) is 4.73. The Hall–Kier alpha value is -0.160. The van der Waals surface area contributed by atoms with Crippen LogP contribution in [0.15, 0.2) is 0 Å². The van der Waals surface area contributed by atoms with Crippen molar-refractivity contribution in [3.8, 4) is 6.07 Å². The Morgan fingerprint density at radius 3 is 2.77 bits per heavy atom. The van der Waals surface area contributed by atoms with E-state index in [4.69, 9.17) is 0 Å². The second-order valence-corrected chi connectivity index (χ2v) is 5.90. The average molecular weight is 197 g/mol. The number of thioether (sulfide) groups is 1. The number of nitriles is 1. The van der Waals surface area contributed by atoms with Gasteiger partial charge in [0.2, 0.25) is 0 Å². The number of nitrogens with zero attached hydrogens (tertiary/aromatic N) is 1. The maximum Gasteiger partial charge on any atom is 0.105 e. The minimum atomic E-state index is -0.0601. The molecule has 1 aliphatic rings. The minimum Gasteiger partial charge on any atom is -0.197 e. The maximum absolute atomic E-state index is 9.26. The first-order chi connectivity index (χ1) is 6.14. The Bertz CT molecular complexity index is 209. The van der Waals surface area contributed by atoms with Gasteiger partial charge in [-0.1, -0.05) is 27.2 Å². The standard InChI is InChI=1S/C11H19NS/c1-4-10(3)13-11(8-12)7-5-6-9(11)2/h9-10H,4-7H2,1-3H3. The highest BCUT2D eigenvalue weighted by molar-refractivity contribution is 8.01. The predicted octanol–water partition coefficient (Wildman–Crippen LogP) is 3.60.